The molecule has 2 atom stereocenters. The summed E-state index contributed by atoms with van der Waals surface area (Å²) in [6.07, 6.45) is 5.40. The zero-order valence-electron chi connectivity index (χ0n) is 11.3. The number of hydrogen-bond acceptors (Lipinski definition) is 1. The number of rotatable bonds is 2. The standard InChI is InChI=1S/C16H24O/c1-12-7-6-8-13(2)15(12)11-16(17)10-5-4-9-14(16)3/h6-8,14,17H,4-5,9-11H2,1-3H3. The Morgan fingerprint density at radius 3 is 2.47 bits per heavy atom. The van der Waals surface area contributed by atoms with Gasteiger partial charge in [0.05, 0.1) is 5.60 Å². The Hall–Kier alpha value is -0.820. The van der Waals surface area contributed by atoms with Gasteiger partial charge in [0.2, 0.25) is 0 Å². The molecule has 0 spiro atoms. The van der Waals surface area contributed by atoms with Crippen molar-refractivity contribution in [2.45, 2.75) is 58.5 Å². The van der Waals surface area contributed by atoms with Crippen LogP contribution in [-0.2, 0) is 6.42 Å². The summed E-state index contributed by atoms with van der Waals surface area (Å²) in [5.41, 5.74) is 3.51. The van der Waals surface area contributed by atoms with E-state index < -0.39 is 5.60 Å². The molecule has 1 N–H and O–H groups in total. The van der Waals surface area contributed by atoms with Crippen molar-refractivity contribution in [3.63, 3.8) is 0 Å². The fourth-order valence-electron chi connectivity index (χ4n) is 3.09. The summed E-state index contributed by atoms with van der Waals surface area (Å²) in [6, 6.07) is 6.40. The molecule has 94 valence electrons. The van der Waals surface area contributed by atoms with Crippen LogP contribution in [0.1, 0.15) is 49.3 Å². The Bertz CT molecular complexity index is 376. The van der Waals surface area contributed by atoms with E-state index in [1.165, 1.54) is 36.0 Å². The van der Waals surface area contributed by atoms with Crippen molar-refractivity contribution in [2.75, 3.05) is 0 Å². The lowest BCUT2D eigenvalue weighted by molar-refractivity contribution is -0.0407. The number of aryl methyl sites for hydroxylation is 2. The Balaban J connectivity index is 2.25. The van der Waals surface area contributed by atoms with E-state index in [9.17, 15) is 5.11 Å². The minimum absolute atomic E-state index is 0.426. The van der Waals surface area contributed by atoms with Crippen molar-refractivity contribution in [3.8, 4) is 0 Å². The quantitative estimate of drug-likeness (QED) is 0.822. The summed E-state index contributed by atoms with van der Waals surface area (Å²) in [4.78, 5) is 0. The first-order valence-electron chi connectivity index (χ1n) is 6.80. The molecule has 1 aromatic rings. The molecular weight excluding hydrogens is 208 g/mol. The molecule has 0 saturated heterocycles. The molecule has 1 aliphatic carbocycles. The van der Waals surface area contributed by atoms with Gasteiger partial charge in [-0.1, -0.05) is 38.0 Å². The van der Waals surface area contributed by atoms with Gasteiger partial charge in [0, 0.05) is 6.42 Å². The largest absolute Gasteiger partial charge is 0.389 e. The van der Waals surface area contributed by atoms with E-state index >= 15 is 0 Å². The van der Waals surface area contributed by atoms with Crippen LogP contribution in [-0.4, -0.2) is 10.7 Å². The molecular formula is C16H24O. The molecule has 0 radical (unpaired) electrons. The first-order chi connectivity index (χ1) is 8.03. The van der Waals surface area contributed by atoms with Crippen molar-refractivity contribution >= 4 is 0 Å². The van der Waals surface area contributed by atoms with Gasteiger partial charge in [0.15, 0.2) is 0 Å². The summed E-state index contributed by atoms with van der Waals surface area (Å²) in [6.45, 7) is 6.51. The molecule has 0 bridgehead atoms. The molecule has 1 fully saturated rings. The second-order valence-corrected chi connectivity index (χ2v) is 5.80. The Morgan fingerprint density at radius 2 is 1.88 bits per heavy atom. The topological polar surface area (TPSA) is 20.2 Å². The first kappa shape index (κ1) is 12.6. The van der Waals surface area contributed by atoms with Crippen molar-refractivity contribution in [3.05, 3.63) is 34.9 Å². The van der Waals surface area contributed by atoms with Gasteiger partial charge in [-0.3, -0.25) is 0 Å². The van der Waals surface area contributed by atoms with Crippen molar-refractivity contribution in [2.24, 2.45) is 5.92 Å². The molecule has 1 aromatic carbocycles. The van der Waals surface area contributed by atoms with Gasteiger partial charge in [-0.15, -0.1) is 0 Å². The second-order valence-electron chi connectivity index (χ2n) is 5.80. The molecule has 1 saturated carbocycles. The number of hydrogen-bond donors (Lipinski definition) is 1. The SMILES string of the molecule is Cc1cccc(C)c1CC1(O)CCCCC1C. The predicted octanol–water partition coefficient (Wildman–Crippen LogP) is 3.79. The summed E-state index contributed by atoms with van der Waals surface area (Å²) < 4.78 is 0. The van der Waals surface area contributed by atoms with Gasteiger partial charge in [-0.25, -0.2) is 0 Å². The average molecular weight is 232 g/mol. The maximum Gasteiger partial charge on any atom is 0.0713 e. The van der Waals surface area contributed by atoms with E-state index in [0.29, 0.717) is 5.92 Å². The maximum atomic E-state index is 10.8. The molecule has 1 nitrogen and oxygen atoms in total. The van der Waals surface area contributed by atoms with Crippen LogP contribution >= 0.6 is 0 Å². The van der Waals surface area contributed by atoms with Gasteiger partial charge >= 0.3 is 0 Å². The fraction of sp³-hybridized carbons (Fsp3) is 0.625. The number of aliphatic hydroxyl groups is 1. The van der Waals surface area contributed by atoms with E-state index in [1.807, 2.05) is 0 Å². The highest BCUT2D eigenvalue weighted by Crippen LogP contribution is 2.37. The lowest BCUT2D eigenvalue weighted by Gasteiger charge is -2.39. The molecule has 0 heterocycles. The summed E-state index contributed by atoms with van der Waals surface area (Å²) in [5.74, 6) is 0.426. The lowest BCUT2D eigenvalue weighted by Crippen LogP contribution is -2.41. The van der Waals surface area contributed by atoms with Gasteiger partial charge < -0.3 is 5.11 Å². The Kier molecular flexibility index (Phi) is 3.58. The zero-order chi connectivity index (χ0) is 12.5. The van der Waals surface area contributed by atoms with E-state index in [2.05, 4.69) is 39.0 Å². The summed E-state index contributed by atoms with van der Waals surface area (Å²) in [7, 11) is 0. The van der Waals surface area contributed by atoms with E-state index in [1.54, 1.807) is 0 Å². The minimum atomic E-state index is -0.477. The van der Waals surface area contributed by atoms with Gasteiger partial charge in [0.1, 0.15) is 0 Å². The summed E-state index contributed by atoms with van der Waals surface area (Å²) >= 11 is 0. The predicted molar refractivity (Wildman–Crippen MR) is 72.2 cm³/mol. The molecule has 1 heteroatoms. The molecule has 2 unspecified atom stereocenters. The van der Waals surface area contributed by atoms with Gasteiger partial charge in [-0.2, -0.15) is 0 Å². The molecule has 0 aliphatic heterocycles. The van der Waals surface area contributed by atoms with Crippen molar-refractivity contribution < 1.29 is 5.11 Å². The average Bonchev–Trinajstić information content (AvgIpc) is 2.28. The molecule has 17 heavy (non-hydrogen) atoms. The summed E-state index contributed by atoms with van der Waals surface area (Å²) in [5, 5.41) is 10.8. The van der Waals surface area contributed by atoms with Crippen LogP contribution in [0.3, 0.4) is 0 Å². The molecule has 0 amide bonds. The Labute approximate surface area is 105 Å². The van der Waals surface area contributed by atoms with E-state index in [-0.39, 0.29) is 0 Å². The molecule has 0 aromatic heterocycles. The van der Waals surface area contributed by atoms with E-state index in [0.717, 1.165) is 12.8 Å². The van der Waals surface area contributed by atoms with E-state index in [4.69, 9.17) is 0 Å². The monoisotopic (exact) mass is 232 g/mol. The van der Waals surface area contributed by atoms with Crippen molar-refractivity contribution in [1.29, 1.82) is 0 Å². The molecule has 2 rings (SSSR count). The highest BCUT2D eigenvalue weighted by molar-refractivity contribution is 5.34. The normalized spacial score (nSPS) is 29.3. The van der Waals surface area contributed by atoms with Crippen LogP contribution in [0.25, 0.3) is 0 Å². The first-order valence-corrected chi connectivity index (χ1v) is 6.80. The Morgan fingerprint density at radius 1 is 1.24 bits per heavy atom. The van der Waals surface area contributed by atoms with Crippen LogP contribution in [0.5, 0.6) is 0 Å². The third-order valence-electron chi connectivity index (χ3n) is 4.54. The zero-order valence-corrected chi connectivity index (χ0v) is 11.3. The fourth-order valence-corrected chi connectivity index (χ4v) is 3.09. The third kappa shape index (κ3) is 2.55. The highest BCUT2D eigenvalue weighted by Gasteiger charge is 2.36. The maximum absolute atomic E-state index is 10.8. The van der Waals surface area contributed by atoms with Crippen LogP contribution in [0.4, 0.5) is 0 Å². The van der Waals surface area contributed by atoms with Crippen LogP contribution < -0.4 is 0 Å². The smallest absolute Gasteiger partial charge is 0.0713 e. The molecule has 1 aliphatic rings. The van der Waals surface area contributed by atoms with Crippen LogP contribution in [0.15, 0.2) is 18.2 Å². The van der Waals surface area contributed by atoms with Crippen LogP contribution in [0.2, 0.25) is 0 Å². The highest BCUT2D eigenvalue weighted by atomic mass is 16.3. The van der Waals surface area contributed by atoms with Crippen LogP contribution in [0, 0.1) is 19.8 Å². The van der Waals surface area contributed by atoms with Gasteiger partial charge in [0.25, 0.3) is 0 Å². The lowest BCUT2D eigenvalue weighted by atomic mass is 9.72. The minimum Gasteiger partial charge on any atom is -0.389 e. The third-order valence-corrected chi connectivity index (χ3v) is 4.54. The second kappa shape index (κ2) is 4.81. The number of benzene rings is 1. The van der Waals surface area contributed by atoms with Crippen molar-refractivity contribution in [1.82, 2.24) is 0 Å². The van der Waals surface area contributed by atoms with Gasteiger partial charge in [-0.05, 0) is 49.3 Å².